The molecule has 0 unspecified atom stereocenters. The number of aryl methyl sites for hydroxylation is 1. The van der Waals surface area contributed by atoms with Crippen LogP contribution in [0.3, 0.4) is 0 Å². The molecule has 0 aliphatic carbocycles. The third-order valence-corrected chi connectivity index (χ3v) is 3.83. The second-order valence-corrected chi connectivity index (χ2v) is 5.23. The van der Waals surface area contributed by atoms with Crippen molar-refractivity contribution in [1.82, 2.24) is 4.90 Å². The van der Waals surface area contributed by atoms with Crippen LogP contribution in [0.25, 0.3) is 0 Å². The van der Waals surface area contributed by atoms with E-state index in [0.717, 1.165) is 49.2 Å². The molecular weight excluding hydrogens is 232 g/mol. The Labute approximate surface area is 109 Å². The van der Waals surface area contributed by atoms with Crippen LogP contribution in [0.2, 0.25) is 0 Å². The predicted octanol–water partition coefficient (Wildman–Crippen LogP) is 2.62. The van der Waals surface area contributed by atoms with Crippen LogP contribution in [0.5, 0.6) is 0 Å². The van der Waals surface area contributed by atoms with Gasteiger partial charge < -0.3 is 10.2 Å². The summed E-state index contributed by atoms with van der Waals surface area (Å²) in [6.45, 7) is 10.2. The summed E-state index contributed by atoms with van der Waals surface area (Å²) in [5, 5.41) is 0. The fraction of sp³-hybridized carbons (Fsp3) is 0.692. The van der Waals surface area contributed by atoms with Crippen LogP contribution in [0.4, 0.5) is 0 Å². The highest BCUT2D eigenvalue weighted by Gasteiger charge is 2.09. The zero-order valence-corrected chi connectivity index (χ0v) is 12.0. The van der Waals surface area contributed by atoms with Crippen molar-refractivity contribution in [1.29, 1.82) is 0 Å². The minimum Gasteiger partial charge on any atom is -0.464 e. The van der Waals surface area contributed by atoms with Crippen molar-refractivity contribution in [2.24, 2.45) is 5.73 Å². The standard InChI is InChI=1S/C13H24N2OS/c1-4-15(5-2)9-12-8-11(3)13(16-12)10-17-7-6-14/h8H,4-7,9-10,14H2,1-3H3. The smallest absolute Gasteiger partial charge is 0.118 e. The SMILES string of the molecule is CCN(CC)Cc1cc(C)c(CSCCN)o1. The third kappa shape index (κ3) is 4.74. The molecule has 98 valence electrons. The molecule has 17 heavy (non-hydrogen) atoms. The van der Waals surface area contributed by atoms with Gasteiger partial charge in [0, 0.05) is 12.3 Å². The molecule has 2 N–H and O–H groups in total. The van der Waals surface area contributed by atoms with Gasteiger partial charge in [0.1, 0.15) is 11.5 Å². The highest BCUT2D eigenvalue weighted by Crippen LogP contribution is 2.21. The molecule has 0 saturated carbocycles. The normalized spacial score (nSPS) is 11.4. The number of nitrogens with two attached hydrogens (primary N) is 1. The number of rotatable bonds is 8. The van der Waals surface area contributed by atoms with Crippen LogP contribution >= 0.6 is 11.8 Å². The average Bonchev–Trinajstić information content (AvgIpc) is 2.67. The Morgan fingerprint density at radius 2 is 2.06 bits per heavy atom. The van der Waals surface area contributed by atoms with E-state index in [1.165, 1.54) is 5.56 Å². The van der Waals surface area contributed by atoms with Gasteiger partial charge >= 0.3 is 0 Å². The monoisotopic (exact) mass is 256 g/mol. The van der Waals surface area contributed by atoms with E-state index in [4.69, 9.17) is 10.2 Å². The van der Waals surface area contributed by atoms with Gasteiger partial charge in [0.2, 0.25) is 0 Å². The lowest BCUT2D eigenvalue weighted by Gasteiger charge is -2.15. The number of hydrogen-bond donors (Lipinski definition) is 1. The molecule has 0 fully saturated rings. The van der Waals surface area contributed by atoms with E-state index in [-0.39, 0.29) is 0 Å². The van der Waals surface area contributed by atoms with Gasteiger partial charge in [-0.15, -0.1) is 0 Å². The van der Waals surface area contributed by atoms with Gasteiger partial charge in [-0.25, -0.2) is 0 Å². The van der Waals surface area contributed by atoms with Crippen molar-refractivity contribution in [2.45, 2.75) is 33.1 Å². The van der Waals surface area contributed by atoms with E-state index in [0.29, 0.717) is 0 Å². The molecular formula is C13H24N2OS. The maximum absolute atomic E-state index is 5.89. The summed E-state index contributed by atoms with van der Waals surface area (Å²) in [6.07, 6.45) is 0. The molecule has 4 heteroatoms. The Kier molecular flexibility index (Phi) is 6.70. The van der Waals surface area contributed by atoms with Crippen LogP contribution in [0, 0.1) is 6.92 Å². The Hall–Kier alpha value is -0.450. The van der Waals surface area contributed by atoms with Gasteiger partial charge in [-0.05, 0) is 31.6 Å². The number of furan rings is 1. The molecule has 0 amide bonds. The van der Waals surface area contributed by atoms with Crippen molar-refractivity contribution in [3.8, 4) is 0 Å². The number of thioether (sulfide) groups is 1. The molecule has 1 heterocycles. The van der Waals surface area contributed by atoms with Crippen LogP contribution in [-0.4, -0.2) is 30.3 Å². The number of hydrogen-bond acceptors (Lipinski definition) is 4. The molecule has 0 aromatic carbocycles. The first-order valence-corrected chi connectivity index (χ1v) is 7.45. The fourth-order valence-corrected chi connectivity index (χ4v) is 2.51. The summed E-state index contributed by atoms with van der Waals surface area (Å²) in [5.74, 6) is 4.10. The van der Waals surface area contributed by atoms with Gasteiger partial charge in [0.05, 0.1) is 12.3 Å². The molecule has 1 aromatic rings. The number of nitrogens with zero attached hydrogens (tertiary/aromatic N) is 1. The first-order valence-electron chi connectivity index (χ1n) is 6.29. The first kappa shape index (κ1) is 14.6. The topological polar surface area (TPSA) is 42.4 Å². The predicted molar refractivity (Wildman–Crippen MR) is 75.3 cm³/mol. The Balaban J connectivity index is 2.54. The maximum atomic E-state index is 5.89. The van der Waals surface area contributed by atoms with Crippen molar-refractivity contribution >= 4 is 11.8 Å². The Morgan fingerprint density at radius 1 is 1.35 bits per heavy atom. The summed E-state index contributed by atoms with van der Waals surface area (Å²) in [5.41, 5.74) is 6.74. The average molecular weight is 256 g/mol. The van der Waals surface area contributed by atoms with Crippen LogP contribution in [0.15, 0.2) is 10.5 Å². The van der Waals surface area contributed by atoms with Crippen molar-refractivity contribution in [3.05, 3.63) is 23.2 Å². The van der Waals surface area contributed by atoms with Crippen LogP contribution in [-0.2, 0) is 12.3 Å². The minimum absolute atomic E-state index is 0.733. The Morgan fingerprint density at radius 3 is 2.65 bits per heavy atom. The molecule has 1 aromatic heterocycles. The fourth-order valence-electron chi connectivity index (χ4n) is 1.73. The van der Waals surface area contributed by atoms with Crippen LogP contribution in [0.1, 0.15) is 30.9 Å². The van der Waals surface area contributed by atoms with E-state index >= 15 is 0 Å². The molecule has 1 rings (SSSR count). The zero-order valence-electron chi connectivity index (χ0n) is 11.2. The Bertz CT molecular complexity index is 321. The second kappa shape index (κ2) is 7.80. The summed E-state index contributed by atoms with van der Waals surface area (Å²) in [6, 6.07) is 2.16. The van der Waals surface area contributed by atoms with Crippen molar-refractivity contribution < 1.29 is 4.42 Å². The lowest BCUT2D eigenvalue weighted by molar-refractivity contribution is 0.266. The van der Waals surface area contributed by atoms with Gasteiger partial charge in [-0.1, -0.05) is 13.8 Å². The molecule has 3 nitrogen and oxygen atoms in total. The summed E-state index contributed by atoms with van der Waals surface area (Å²) in [7, 11) is 0. The second-order valence-electron chi connectivity index (χ2n) is 4.12. The van der Waals surface area contributed by atoms with E-state index in [2.05, 4.69) is 31.7 Å². The highest BCUT2D eigenvalue weighted by molar-refractivity contribution is 7.98. The minimum atomic E-state index is 0.733. The highest BCUT2D eigenvalue weighted by atomic mass is 32.2. The van der Waals surface area contributed by atoms with Crippen molar-refractivity contribution in [2.75, 3.05) is 25.4 Å². The van der Waals surface area contributed by atoms with Gasteiger partial charge in [-0.3, -0.25) is 4.90 Å². The molecule has 0 spiro atoms. The van der Waals surface area contributed by atoms with E-state index in [1.807, 2.05) is 11.8 Å². The van der Waals surface area contributed by atoms with E-state index < -0.39 is 0 Å². The van der Waals surface area contributed by atoms with Gasteiger partial charge in [0.25, 0.3) is 0 Å². The third-order valence-electron chi connectivity index (χ3n) is 2.84. The lowest BCUT2D eigenvalue weighted by Crippen LogP contribution is -2.21. The van der Waals surface area contributed by atoms with Crippen molar-refractivity contribution in [3.63, 3.8) is 0 Å². The molecule has 0 atom stereocenters. The molecule has 0 saturated heterocycles. The van der Waals surface area contributed by atoms with Gasteiger partial charge in [-0.2, -0.15) is 11.8 Å². The zero-order chi connectivity index (χ0) is 12.7. The summed E-state index contributed by atoms with van der Waals surface area (Å²) < 4.78 is 5.89. The molecule has 0 aliphatic heterocycles. The van der Waals surface area contributed by atoms with E-state index in [9.17, 15) is 0 Å². The molecule has 0 aliphatic rings. The van der Waals surface area contributed by atoms with Gasteiger partial charge in [0.15, 0.2) is 0 Å². The first-order chi connectivity index (χ1) is 8.21. The maximum Gasteiger partial charge on any atom is 0.118 e. The molecule has 0 bridgehead atoms. The summed E-state index contributed by atoms with van der Waals surface area (Å²) in [4.78, 5) is 2.36. The largest absolute Gasteiger partial charge is 0.464 e. The van der Waals surface area contributed by atoms with E-state index in [1.54, 1.807) is 0 Å². The quantitative estimate of drug-likeness (QED) is 0.726. The lowest BCUT2D eigenvalue weighted by atomic mass is 10.3. The molecule has 0 radical (unpaired) electrons. The summed E-state index contributed by atoms with van der Waals surface area (Å²) >= 11 is 1.83. The van der Waals surface area contributed by atoms with Crippen LogP contribution < -0.4 is 5.73 Å².